The Balaban J connectivity index is 1.81. The van der Waals surface area contributed by atoms with Crippen molar-refractivity contribution in [3.8, 4) is 0 Å². The van der Waals surface area contributed by atoms with Crippen LogP contribution in [0.2, 0.25) is 10.0 Å². The number of pyridine rings is 1. The Morgan fingerprint density at radius 3 is 2.44 bits per heavy atom. The summed E-state index contributed by atoms with van der Waals surface area (Å²) in [7, 11) is 0. The van der Waals surface area contributed by atoms with Gasteiger partial charge in [0.25, 0.3) is 5.91 Å². The van der Waals surface area contributed by atoms with Gasteiger partial charge in [0.15, 0.2) is 0 Å². The lowest BCUT2D eigenvalue weighted by molar-refractivity contribution is -0.384. The van der Waals surface area contributed by atoms with E-state index in [0.717, 1.165) is 0 Å². The smallest absolute Gasteiger partial charge is 0.311 e. The van der Waals surface area contributed by atoms with E-state index in [1.54, 1.807) is 42.5 Å². The molecule has 0 bridgehead atoms. The van der Waals surface area contributed by atoms with Crippen LogP contribution in [0.25, 0.3) is 0 Å². The summed E-state index contributed by atoms with van der Waals surface area (Å²) in [5.41, 5.74) is 1.11. The molecular formula is C18H12Cl2N4O3. The number of nitro groups is 1. The summed E-state index contributed by atoms with van der Waals surface area (Å²) in [5.74, 6) is -0.297. The highest BCUT2D eigenvalue weighted by atomic mass is 35.5. The normalized spacial score (nSPS) is 10.3. The van der Waals surface area contributed by atoms with E-state index >= 15 is 0 Å². The summed E-state index contributed by atoms with van der Waals surface area (Å²) < 4.78 is 0. The first kappa shape index (κ1) is 18.6. The van der Waals surface area contributed by atoms with Crippen LogP contribution in [0.5, 0.6) is 0 Å². The Morgan fingerprint density at radius 2 is 1.74 bits per heavy atom. The molecule has 0 unspecified atom stereocenters. The zero-order valence-electron chi connectivity index (χ0n) is 13.6. The third kappa shape index (κ3) is 4.72. The Hall–Kier alpha value is -3.16. The van der Waals surface area contributed by atoms with Gasteiger partial charge >= 0.3 is 5.69 Å². The minimum absolute atomic E-state index is 0.0849. The van der Waals surface area contributed by atoms with E-state index in [2.05, 4.69) is 15.6 Å². The zero-order chi connectivity index (χ0) is 19.4. The maximum absolute atomic E-state index is 12.5. The summed E-state index contributed by atoms with van der Waals surface area (Å²) in [4.78, 5) is 27.0. The molecule has 2 N–H and O–H groups in total. The molecule has 2 aromatic carbocycles. The van der Waals surface area contributed by atoms with Gasteiger partial charge in [-0.25, -0.2) is 4.98 Å². The van der Waals surface area contributed by atoms with Crippen molar-refractivity contribution in [2.45, 2.75) is 0 Å². The molecule has 7 nitrogen and oxygen atoms in total. The molecular weight excluding hydrogens is 391 g/mol. The van der Waals surface area contributed by atoms with E-state index in [9.17, 15) is 14.9 Å². The number of anilines is 3. The number of aromatic nitrogens is 1. The van der Waals surface area contributed by atoms with Gasteiger partial charge in [0.1, 0.15) is 0 Å². The number of nitrogens with zero attached hydrogens (tertiary/aromatic N) is 2. The van der Waals surface area contributed by atoms with E-state index in [4.69, 9.17) is 23.2 Å². The highest BCUT2D eigenvalue weighted by Crippen LogP contribution is 2.26. The van der Waals surface area contributed by atoms with E-state index in [-0.39, 0.29) is 17.4 Å². The van der Waals surface area contributed by atoms with Crippen LogP contribution < -0.4 is 10.6 Å². The topological polar surface area (TPSA) is 97.2 Å². The molecule has 0 spiro atoms. The van der Waals surface area contributed by atoms with Gasteiger partial charge in [-0.3, -0.25) is 14.9 Å². The predicted molar refractivity (Wildman–Crippen MR) is 105 cm³/mol. The highest BCUT2D eigenvalue weighted by molar-refractivity contribution is 6.35. The minimum atomic E-state index is -0.533. The second-order valence-corrected chi connectivity index (χ2v) is 6.32. The Bertz CT molecular complexity index is 1010. The van der Waals surface area contributed by atoms with E-state index < -0.39 is 4.92 Å². The second kappa shape index (κ2) is 8.03. The lowest BCUT2D eigenvalue weighted by Gasteiger charge is -2.09. The summed E-state index contributed by atoms with van der Waals surface area (Å²) in [6.07, 6.45) is 1.44. The van der Waals surface area contributed by atoms with Gasteiger partial charge in [0.05, 0.1) is 4.92 Å². The molecule has 3 rings (SSSR count). The average Bonchev–Trinajstić information content (AvgIpc) is 2.61. The lowest BCUT2D eigenvalue weighted by Crippen LogP contribution is -2.12. The monoisotopic (exact) mass is 402 g/mol. The largest absolute Gasteiger partial charge is 0.334 e. The van der Waals surface area contributed by atoms with E-state index in [0.29, 0.717) is 27.0 Å². The molecule has 0 aliphatic rings. The first-order chi connectivity index (χ1) is 12.9. The molecule has 9 heteroatoms. The molecule has 27 heavy (non-hydrogen) atoms. The molecule has 0 fully saturated rings. The Labute approximate surface area is 164 Å². The number of nitrogens with one attached hydrogen (secondary N) is 2. The van der Waals surface area contributed by atoms with Crippen LogP contribution in [0.1, 0.15) is 10.4 Å². The number of halogens is 2. The molecule has 0 atom stereocenters. The number of amides is 1. The first-order valence-electron chi connectivity index (χ1n) is 7.66. The summed E-state index contributed by atoms with van der Waals surface area (Å²) in [6, 6.07) is 14.0. The van der Waals surface area contributed by atoms with Crippen LogP contribution in [0.4, 0.5) is 22.9 Å². The van der Waals surface area contributed by atoms with Crippen LogP contribution >= 0.6 is 23.2 Å². The van der Waals surface area contributed by atoms with E-state index in [1.807, 2.05) is 0 Å². The van der Waals surface area contributed by atoms with Gasteiger partial charge in [-0.2, -0.15) is 0 Å². The van der Waals surface area contributed by atoms with Crippen molar-refractivity contribution in [3.05, 3.63) is 86.5 Å². The molecule has 1 amide bonds. The SMILES string of the molecule is O=C(Nc1cc(Cl)cc(Cl)c1)c1cccc(Nc2ncccc2[N+](=O)[O-])c1. The molecule has 0 radical (unpaired) electrons. The molecule has 1 heterocycles. The van der Waals surface area contributed by atoms with Crippen LogP contribution in [-0.4, -0.2) is 15.8 Å². The van der Waals surface area contributed by atoms with Crippen molar-refractivity contribution in [1.29, 1.82) is 0 Å². The number of benzene rings is 2. The number of hydrogen-bond acceptors (Lipinski definition) is 5. The third-order valence-electron chi connectivity index (χ3n) is 3.49. The van der Waals surface area contributed by atoms with Crippen LogP contribution in [0, 0.1) is 10.1 Å². The molecule has 0 aliphatic heterocycles. The molecule has 136 valence electrons. The van der Waals surface area contributed by atoms with Gasteiger partial charge in [-0.05, 0) is 42.5 Å². The number of carbonyl (C=O) groups is 1. The summed E-state index contributed by atoms with van der Waals surface area (Å²) >= 11 is 11.9. The summed E-state index contributed by atoms with van der Waals surface area (Å²) in [5, 5.41) is 17.4. The van der Waals surface area contributed by atoms with Crippen LogP contribution in [0.15, 0.2) is 60.8 Å². The van der Waals surface area contributed by atoms with Gasteiger partial charge < -0.3 is 10.6 Å². The molecule has 0 saturated heterocycles. The van der Waals surface area contributed by atoms with E-state index in [1.165, 1.54) is 18.3 Å². The van der Waals surface area contributed by atoms with Gasteiger partial charge in [0, 0.05) is 39.2 Å². The Morgan fingerprint density at radius 1 is 1.00 bits per heavy atom. The highest BCUT2D eigenvalue weighted by Gasteiger charge is 2.15. The fraction of sp³-hybridized carbons (Fsp3) is 0. The minimum Gasteiger partial charge on any atom is -0.334 e. The lowest BCUT2D eigenvalue weighted by atomic mass is 10.1. The van der Waals surface area contributed by atoms with Crippen molar-refractivity contribution in [1.82, 2.24) is 4.98 Å². The van der Waals surface area contributed by atoms with Gasteiger partial charge in [-0.15, -0.1) is 0 Å². The standard InChI is InChI=1S/C18H12Cl2N4O3/c19-12-8-13(20)10-15(9-12)23-18(25)11-3-1-4-14(7-11)22-17-16(24(26)27)5-2-6-21-17/h1-10H,(H,21,22)(H,23,25). The van der Waals surface area contributed by atoms with Crippen LogP contribution in [-0.2, 0) is 0 Å². The van der Waals surface area contributed by atoms with Crippen molar-refractivity contribution in [2.75, 3.05) is 10.6 Å². The maximum Gasteiger partial charge on any atom is 0.311 e. The Kier molecular flexibility index (Phi) is 5.54. The van der Waals surface area contributed by atoms with Crippen molar-refractivity contribution in [3.63, 3.8) is 0 Å². The predicted octanol–water partition coefficient (Wildman–Crippen LogP) is 5.29. The number of rotatable bonds is 5. The summed E-state index contributed by atoms with van der Waals surface area (Å²) in [6.45, 7) is 0. The first-order valence-corrected chi connectivity index (χ1v) is 8.42. The quantitative estimate of drug-likeness (QED) is 0.446. The maximum atomic E-state index is 12.5. The molecule has 3 aromatic rings. The van der Waals surface area contributed by atoms with Crippen molar-refractivity contribution < 1.29 is 9.72 Å². The number of carbonyl (C=O) groups excluding carboxylic acids is 1. The number of hydrogen-bond donors (Lipinski definition) is 2. The molecule has 0 saturated carbocycles. The van der Waals surface area contributed by atoms with Crippen molar-refractivity contribution >= 4 is 52.0 Å². The fourth-order valence-corrected chi connectivity index (χ4v) is 2.87. The molecule has 0 aliphatic carbocycles. The van der Waals surface area contributed by atoms with Crippen LogP contribution in [0.3, 0.4) is 0 Å². The average molecular weight is 403 g/mol. The fourth-order valence-electron chi connectivity index (χ4n) is 2.34. The van der Waals surface area contributed by atoms with Gasteiger partial charge in [0.2, 0.25) is 5.82 Å². The van der Waals surface area contributed by atoms with Crippen molar-refractivity contribution in [2.24, 2.45) is 0 Å². The third-order valence-corrected chi connectivity index (χ3v) is 3.93. The second-order valence-electron chi connectivity index (χ2n) is 5.45. The van der Waals surface area contributed by atoms with Gasteiger partial charge in [-0.1, -0.05) is 29.3 Å². The molecule has 1 aromatic heterocycles. The zero-order valence-corrected chi connectivity index (χ0v) is 15.2.